The van der Waals surface area contributed by atoms with Crippen molar-refractivity contribution in [3.63, 3.8) is 0 Å². The zero-order valence-corrected chi connectivity index (χ0v) is 14.2. The third-order valence-electron chi connectivity index (χ3n) is 3.61. The molecule has 1 amide bonds. The first kappa shape index (κ1) is 19.2. The van der Waals surface area contributed by atoms with Crippen molar-refractivity contribution in [3.05, 3.63) is 42.0 Å². The number of carbonyl (C=O) groups excluding carboxylic acids is 1. The maximum Gasteiger partial charge on any atom is 0.222 e. The highest BCUT2D eigenvalue weighted by Crippen LogP contribution is 2.21. The third kappa shape index (κ3) is 5.39. The molecule has 23 heavy (non-hydrogen) atoms. The van der Waals surface area contributed by atoms with Crippen molar-refractivity contribution in [1.29, 1.82) is 0 Å². The average molecular weight is 339 g/mol. The highest BCUT2D eigenvalue weighted by atomic mass is 35.5. The number of nitrogens with one attached hydrogen (secondary N) is 1. The van der Waals surface area contributed by atoms with E-state index in [0.717, 1.165) is 22.1 Å². The molecule has 2 aromatic rings. The Balaban J connectivity index is 0.00000264. The fourth-order valence-corrected chi connectivity index (χ4v) is 2.25. The monoisotopic (exact) mass is 338 g/mol. The molecule has 126 valence electrons. The van der Waals surface area contributed by atoms with Crippen LogP contribution in [0.2, 0.25) is 0 Å². The van der Waals surface area contributed by atoms with Gasteiger partial charge in [-0.3, -0.25) is 4.79 Å². The second-order valence-corrected chi connectivity index (χ2v) is 5.12. The maximum absolute atomic E-state index is 11.8. The van der Waals surface area contributed by atoms with Gasteiger partial charge in [-0.2, -0.15) is 0 Å². The molecule has 2 aromatic carbocycles. The molecule has 0 saturated heterocycles. The van der Waals surface area contributed by atoms with Gasteiger partial charge in [-0.15, -0.1) is 12.4 Å². The number of fused-ring (bicyclic) bond motifs is 1. The summed E-state index contributed by atoms with van der Waals surface area (Å²) in [5.74, 6) is 0.771. The molecule has 6 heteroatoms. The predicted octanol–water partition coefficient (Wildman–Crippen LogP) is 2.25. The molecule has 0 spiro atoms. The number of carbonyl (C=O) groups is 1. The SMILES string of the molecule is COc1ccc2cc(CNC(=O)CC(CN)OC)ccc2c1.Cl. The fourth-order valence-electron chi connectivity index (χ4n) is 2.25. The van der Waals surface area contributed by atoms with Crippen molar-refractivity contribution in [3.8, 4) is 5.75 Å². The van der Waals surface area contributed by atoms with E-state index in [0.29, 0.717) is 13.1 Å². The van der Waals surface area contributed by atoms with Gasteiger partial charge < -0.3 is 20.5 Å². The summed E-state index contributed by atoms with van der Waals surface area (Å²) in [6.07, 6.45) is 0.0432. The molecule has 0 fully saturated rings. The first-order valence-corrected chi connectivity index (χ1v) is 7.22. The largest absolute Gasteiger partial charge is 0.497 e. The first-order chi connectivity index (χ1) is 10.7. The van der Waals surface area contributed by atoms with Crippen LogP contribution in [-0.4, -0.2) is 32.8 Å². The number of amides is 1. The Kier molecular flexibility index (Phi) is 7.81. The number of methoxy groups -OCH3 is 2. The molecule has 1 unspecified atom stereocenters. The summed E-state index contributed by atoms with van der Waals surface area (Å²) in [6.45, 7) is 0.823. The van der Waals surface area contributed by atoms with E-state index >= 15 is 0 Å². The molecular weight excluding hydrogens is 316 g/mol. The topological polar surface area (TPSA) is 73.6 Å². The number of hydrogen-bond donors (Lipinski definition) is 2. The van der Waals surface area contributed by atoms with E-state index in [4.69, 9.17) is 15.2 Å². The lowest BCUT2D eigenvalue weighted by atomic mass is 10.1. The van der Waals surface area contributed by atoms with Crippen LogP contribution in [-0.2, 0) is 16.1 Å². The summed E-state index contributed by atoms with van der Waals surface area (Å²) in [7, 11) is 3.21. The molecule has 3 N–H and O–H groups in total. The zero-order valence-electron chi connectivity index (χ0n) is 13.4. The van der Waals surface area contributed by atoms with Crippen LogP contribution in [0.25, 0.3) is 10.8 Å². The van der Waals surface area contributed by atoms with Crippen molar-refractivity contribution < 1.29 is 14.3 Å². The predicted molar refractivity (Wildman–Crippen MR) is 94.1 cm³/mol. The molecule has 0 saturated carbocycles. The number of rotatable bonds is 7. The van der Waals surface area contributed by atoms with E-state index < -0.39 is 0 Å². The van der Waals surface area contributed by atoms with Crippen LogP contribution in [0, 0.1) is 0 Å². The van der Waals surface area contributed by atoms with Crippen LogP contribution in [0.5, 0.6) is 5.75 Å². The Morgan fingerprint density at radius 1 is 1.17 bits per heavy atom. The summed E-state index contributed by atoms with van der Waals surface area (Å²) >= 11 is 0. The highest BCUT2D eigenvalue weighted by molar-refractivity contribution is 5.85. The summed E-state index contributed by atoms with van der Waals surface area (Å²) < 4.78 is 10.3. The second-order valence-electron chi connectivity index (χ2n) is 5.12. The highest BCUT2D eigenvalue weighted by Gasteiger charge is 2.11. The number of ether oxygens (including phenoxy) is 2. The Morgan fingerprint density at radius 2 is 1.87 bits per heavy atom. The van der Waals surface area contributed by atoms with E-state index in [9.17, 15) is 4.79 Å². The van der Waals surface area contributed by atoms with Gasteiger partial charge in [0.2, 0.25) is 5.91 Å². The van der Waals surface area contributed by atoms with Gasteiger partial charge in [-0.25, -0.2) is 0 Å². The maximum atomic E-state index is 11.8. The molecular formula is C17H23ClN2O3. The quantitative estimate of drug-likeness (QED) is 0.812. The molecule has 0 heterocycles. The number of halogens is 1. The van der Waals surface area contributed by atoms with E-state index in [-0.39, 0.29) is 30.8 Å². The van der Waals surface area contributed by atoms with Crippen LogP contribution in [0.1, 0.15) is 12.0 Å². The number of hydrogen-bond acceptors (Lipinski definition) is 4. The molecule has 0 aromatic heterocycles. The van der Waals surface area contributed by atoms with Crippen LogP contribution in [0.3, 0.4) is 0 Å². The van der Waals surface area contributed by atoms with Gasteiger partial charge in [0, 0.05) is 20.2 Å². The van der Waals surface area contributed by atoms with Crippen LogP contribution in [0.15, 0.2) is 36.4 Å². The minimum Gasteiger partial charge on any atom is -0.497 e. The van der Waals surface area contributed by atoms with Crippen molar-refractivity contribution in [2.75, 3.05) is 20.8 Å². The minimum atomic E-state index is -0.232. The Labute approximate surface area is 142 Å². The van der Waals surface area contributed by atoms with Gasteiger partial charge in [0.05, 0.1) is 19.6 Å². The van der Waals surface area contributed by atoms with Gasteiger partial charge in [-0.05, 0) is 34.5 Å². The van der Waals surface area contributed by atoms with Gasteiger partial charge >= 0.3 is 0 Å². The van der Waals surface area contributed by atoms with E-state index in [1.807, 2.05) is 30.3 Å². The zero-order chi connectivity index (χ0) is 15.9. The molecule has 0 radical (unpaired) electrons. The van der Waals surface area contributed by atoms with E-state index in [2.05, 4.69) is 11.4 Å². The van der Waals surface area contributed by atoms with Crippen molar-refractivity contribution >= 4 is 29.1 Å². The fraction of sp³-hybridized carbons (Fsp3) is 0.353. The summed E-state index contributed by atoms with van der Waals surface area (Å²) in [4.78, 5) is 11.8. The summed E-state index contributed by atoms with van der Waals surface area (Å²) in [5.41, 5.74) is 6.56. The molecule has 0 bridgehead atoms. The molecule has 1 atom stereocenters. The van der Waals surface area contributed by atoms with E-state index in [1.165, 1.54) is 0 Å². The van der Waals surface area contributed by atoms with Gasteiger partial charge in [0.25, 0.3) is 0 Å². The van der Waals surface area contributed by atoms with Crippen molar-refractivity contribution in [2.24, 2.45) is 5.73 Å². The molecule has 0 aliphatic carbocycles. The van der Waals surface area contributed by atoms with Gasteiger partial charge in [0.15, 0.2) is 0 Å². The number of benzene rings is 2. The molecule has 2 rings (SSSR count). The lowest BCUT2D eigenvalue weighted by molar-refractivity contribution is -0.123. The Hall–Kier alpha value is -1.82. The number of nitrogens with two attached hydrogens (primary N) is 1. The standard InChI is InChI=1S/C17H22N2O3.ClH/c1-21-15-6-5-13-7-12(3-4-14(13)8-15)11-19-17(20)9-16(10-18)22-2;/h3-8,16H,9-11,18H2,1-2H3,(H,19,20);1H. The molecule has 5 nitrogen and oxygen atoms in total. The normalized spacial score (nSPS) is 11.6. The van der Waals surface area contributed by atoms with Crippen LogP contribution >= 0.6 is 12.4 Å². The smallest absolute Gasteiger partial charge is 0.222 e. The first-order valence-electron chi connectivity index (χ1n) is 7.22. The lowest BCUT2D eigenvalue weighted by Gasteiger charge is -2.13. The Morgan fingerprint density at radius 3 is 2.52 bits per heavy atom. The van der Waals surface area contributed by atoms with Gasteiger partial charge in [0.1, 0.15) is 5.75 Å². The van der Waals surface area contributed by atoms with Crippen LogP contribution in [0.4, 0.5) is 0 Å². The summed E-state index contributed by atoms with van der Waals surface area (Å²) in [5, 5.41) is 5.11. The average Bonchev–Trinajstić information content (AvgIpc) is 2.57. The Bertz CT molecular complexity index is 645. The van der Waals surface area contributed by atoms with Gasteiger partial charge in [-0.1, -0.05) is 18.2 Å². The van der Waals surface area contributed by atoms with Crippen LogP contribution < -0.4 is 15.8 Å². The van der Waals surface area contributed by atoms with Crippen molar-refractivity contribution in [1.82, 2.24) is 5.32 Å². The molecule has 0 aliphatic rings. The second kappa shape index (κ2) is 9.35. The summed E-state index contributed by atoms with van der Waals surface area (Å²) in [6, 6.07) is 12.0. The van der Waals surface area contributed by atoms with Crippen molar-refractivity contribution in [2.45, 2.75) is 19.1 Å². The third-order valence-corrected chi connectivity index (χ3v) is 3.61. The lowest BCUT2D eigenvalue weighted by Crippen LogP contribution is -2.31. The van der Waals surface area contributed by atoms with E-state index in [1.54, 1.807) is 14.2 Å². The minimum absolute atomic E-state index is 0. The molecule has 0 aliphatic heterocycles.